The molecule has 0 aromatic heterocycles. The topological polar surface area (TPSA) is 82.9 Å². The molecule has 6 nitrogen and oxygen atoms in total. The molecule has 2 amide bonds. The lowest BCUT2D eigenvalue weighted by Crippen LogP contribution is -2.20. The number of carbonyl (C=O) groups excluding carboxylic acids is 2. The van der Waals surface area contributed by atoms with Crippen LogP contribution >= 0.6 is 31.9 Å². The molecule has 2 aromatic rings. The van der Waals surface area contributed by atoms with E-state index in [0.29, 0.717) is 6.42 Å². The van der Waals surface area contributed by atoms with Gasteiger partial charge in [-0.25, -0.2) is 10.9 Å². The molecule has 0 saturated carbocycles. The van der Waals surface area contributed by atoms with Gasteiger partial charge in [0.15, 0.2) is 0 Å². The first-order valence-corrected chi connectivity index (χ1v) is 9.76. The van der Waals surface area contributed by atoms with Crippen LogP contribution in [0.4, 0.5) is 0 Å². The molecule has 2 rings (SSSR count). The van der Waals surface area contributed by atoms with Crippen molar-refractivity contribution in [1.82, 2.24) is 10.9 Å². The van der Waals surface area contributed by atoms with Crippen molar-refractivity contribution in [2.24, 2.45) is 10.2 Å². The third-order valence-electron chi connectivity index (χ3n) is 3.31. The van der Waals surface area contributed by atoms with Crippen molar-refractivity contribution >= 4 is 56.1 Å². The minimum Gasteiger partial charge on any atom is -0.273 e. The number of halogens is 2. The summed E-state index contributed by atoms with van der Waals surface area (Å²) in [7, 11) is 0. The van der Waals surface area contributed by atoms with Crippen LogP contribution in [-0.4, -0.2) is 24.2 Å². The Morgan fingerprint density at radius 2 is 1.26 bits per heavy atom. The summed E-state index contributed by atoms with van der Waals surface area (Å²) in [6.45, 7) is 0. The van der Waals surface area contributed by atoms with E-state index in [1.165, 1.54) is 0 Å². The molecular weight excluding hydrogens is 476 g/mol. The lowest BCUT2D eigenvalue weighted by Gasteiger charge is -2.01. The molecule has 0 aliphatic rings. The van der Waals surface area contributed by atoms with Gasteiger partial charge in [0.25, 0.3) is 0 Å². The molecule has 0 aliphatic carbocycles. The average molecular weight is 494 g/mol. The highest BCUT2D eigenvalue weighted by Gasteiger charge is 2.04. The van der Waals surface area contributed by atoms with E-state index < -0.39 is 0 Å². The van der Waals surface area contributed by atoms with Crippen LogP contribution in [0.1, 0.15) is 30.4 Å². The summed E-state index contributed by atoms with van der Waals surface area (Å²) >= 11 is 6.73. The number of nitrogens with zero attached hydrogens (tertiary/aromatic N) is 2. The maximum absolute atomic E-state index is 11.7. The Balaban J connectivity index is 1.63. The van der Waals surface area contributed by atoms with Gasteiger partial charge in [-0.3, -0.25) is 9.59 Å². The Hall–Kier alpha value is -2.32. The second-order valence-electron chi connectivity index (χ2n) is 5.55. The van der Waals surface area contributed by atoms with Crippen molar-refractivity contribution in [3.05, 3.63) is 68.6 Å². The molecule has 0 fully saturated rings. The molecule has 8 heteroatoms. The molecule has 0 radical (unpaired) electrons. The SMILES string of the molecule is O=C(CCCC(=O)N/N=C\c1cccc(Br)c1)N/N=C\c1cccc(Br)c1. The van der Waals surface area contributed by atoms with Crippen LogP contribution in [0.25, 0.3) is 0 Å². The molecule has 2 aromatic carbocycles. The Bertz CT molecular complexity index is 784. The van der Waals surface area contributed by atoms with Crippen molar-refractivity contribution in [1.29, 1.82) is 0 Å². The van der Waals surface area contributed by atoms with E-state index in [0.717, 1.165) is 20.1 Å². The fraction of sp³-hybridized carbons (Fsp3) is 0.158. The Morgan fingerprint density at radius 3 is 1.67 bits per heavy atom. The Kier molecular flexibility index (Phi) is 8.86. The van der Waals surface area contributed by atoms with E-state index in [9.17, 15) is 9.59 Å². The third-order valence-corrected chi connectivity index (χ3v) is 4.30. The van der Waals surface area contributed by atoms with Crippen LogP contribution in [-0.2, 0) is 9.59 Å². The van der Waals surface area contributed by atoms with Gasteiger partial charge in [0, 0.05) is 21.8 Å². The normalized spacial score (nSPS) is 11.0. The molecule has 140 valence electrons. The summed E-state index contributed by atoms with van der Waals surface area (Å²) < 4.78 is 1.87. The van der Waals surface area contributed by atoms with E-state index in [1.54, 1.807) is 12.4 Å². The highest BCUT2D eigenvalue weighted by Crippen LogP contribution is 2.10. The first-order chi connectivity index (χ1) is 13.0. The lowest BCUT2D eigenvalue weighted by atomic mass is 10.2. The highest BCUT2D eigenvalue weighted by atomic mass is 79.9. The van der Waals surface area contributed by atoms with Gasteiger partial charge >= 0.3 is 0 Å². The first-order valence-electron chi connectivity index (χ1n) is 8.18. The number of nitrogens with one attached hydrogen (secondary N) is 2. The lowest BCUT2D eigenvalue weighted by molar-refractivity contribution is -0.122. The number of hydrogen-bond acceptors (Lipinski definition) is 4. The predicted octanol–water partition coefficient (Wildman–Crippen LogP) is 3.98. The molecule has 0 spiro atoms. The maximum Gasteiger partial charge on any atom is 0.240 e. The summed E-state index contributed by atoms with van der Waals surface area (Å²) in [6, 6.07) is 15.1. The smallest absolute Gasteiger partial charge is 0.240 e. The van der Waals surface area contributed by atoms with E-state index in [-0.39, 0.29) is 24.7 Å². The zero-order chi connectivity index (χ0) is 19.5. The van der Waals surface area contributed by atoms with Crippen LogP contribution in [0.2, 0.25) is 0 Å². The van der Waals surface area contributed by atoms with Crippen LogP contribution in [0, 0.1) is 0 Å². The zero-order valence-corrected chi connectivity index (χ0v) is 17.5. The first kappa shape index (κ1) is 21.0. The average Bonchev–Trinajstić information content (AvgIpc) is 2.62. The van der Waals surface area contributed by atoms with Crippen molar-refractivity contribution in [3.63, 3.8) is 0 Å². The standard InChI is InChI=1S/C19H18Br2N4O2/c20-16-6-1-4-14(10-16)12-22-24-18(26)8-3-9-19(27)25-23-13-15-5-2-7-17(21)11-15/h1-2,4-7,10-13H,3,8-9H2,(H,24,26)(H,25,27)/b22-12-,23-13-. The summed E-state index contributed by atoms with van der Waals surface area (Å²) in [4.78, 5) is 23.4. The van der Waals surface area contributed by atoms with E-state index in [4.69, 9.17) is 0 Å². The zero-order valence-electron chi connectivity index (χ0n) is 14.4. The largest absolute Gasteiger partial charge is 0.273 e. The summed E-state index contributed by atoms with van der Waals surface area (Å²) in [6.07, 6.45) is 3.95. The van der Waals surface area contributed by atoms with Crippen molar-refractivity contribution in [2.45, 2.75) is 19.3 Å². The van der Waals surface area contributed by atoms with E-state index >= 15 is 0 Å². The van der Waals surface area contributed by atoms with Gasteiger partial charge in [0.05, 0.1) is 12.4 Å². The van der Waals surface area contributed by atoms with E-state index in [1.807, 2.05) is 48.5 Å². The van der Waals surface area contributed by atoms with Gasteiger partial charge in [-0.2, -0.15) is 10.2 Å². The Labute approximate surface area is 174 Å². The second kappa shape index (κ2) is 11.4. The molecule has 2 N–H and O–H groups in total. The summed E-state index contributed by atoms with van der Waals surface area (Å²) in [5.41, 5.74) is 6.62. The monoisotopic (exact) mass is 492 g/mol. The molecule has 0 aliphatic heterocycles. The second-order valence-corrected chi connectivity index (χ2v) is 7.38. The van der Waals surface area contributed by atoms with Crippen LogP contribution in [0.15, 0.2) is 67.7 Å². The maximum atomic E-state index is 11.7. The minimum absolute atomic E-state index is 0.207. The minimum atomic E-state index is -0.244. The van der Waals surface area contributed by atoms with Crippen LogP contribution < -0.4 is 10.9 Å². The number of benzene rings is 2. The van der Waals surface area contributed by atoms with Crippen molar-refractivity contribution in [3.8, 4) is 0 Å². The summed E-state index contributed by atoms with van der Waals surface area (Å²) in [5, 5.41) is 7.79. The van der Waals surface area contributed by atoms with Gasteiger partial charge in [0.1, 0.15) is 0 Å². The van der Waals surface area contributed by atoms with Crippen molar-refractivity contribution in [2.75, 3.05) is 0 Å². The van der Waals surface area contributed by atoms with Gasteiger partial charge in [-0.1, -0.05) is 56.1 Å². The third kappa shape index (κ3) is 8.74. The Morgan fingerprint density at radius 1 is 0.815 bits per heavy atom. The number of carbonyl (C=O) groups is 2. The predicted molar refractivity (Wildman–Crippen MR) is 114 cm³/mol. The number of rotatable bonds is 8. The molecule has 0 saturated heterocycles. The van der Waals surface area contributed by atoms with Gasteiger partial charge in [-0.15, -0.1) is 0 Å². The molecular formula is C19H18Br2N4O2. The molecule has 0 heterocycles. The highest BCUT2D eigenvalue weighted by molar-refractivity contribution is 9.10. The fourth-order valence-corrected chi connectivity index (χ4v) is 2.89. The quantitative estimate of drug-likeness (QED) is 0.430. The fourth-order valence-electron chi connectivity index (χ4n) is 2.05. The van der Waals surface area contributed by atoms with Crippen molar-refractivity contribution < 1.29 is 9.59 Å². The molecule has 0 atom stereocenters. The van der Waals surface area contributed by atoms with E-state index in [2.05, 4.69) is 52.9 Å². The number of amides is 2. The molecule has 0 unspecified atom stereocenters. The van der Waals surface area contributed by atoms with Gasteiger partial charge in [-0.05, 0) is 41.8 Å². The molecule has 27 heavy (non-hydrogen) atoms. The van der Waals surface area contributed by atoms with Gasteiger partial charge in [0.2, 0.25) is 11.8 Å². The summed E-state index contributed by atoms with van der Waals surface area (Å²) in [5.74, 6) is -0.488. The number of hydrogen-bond donors (Lipinski definition) is 2. The van der Waals surface area contributed by atoms with Crippen LogP contribution in [0.5, 0.6) is 0 Å². The molecule has 0 bridgehead atoms. The van der Waals surface area contributed by atoms with Crippen LogP contribution in [0.3, 0.4) is 0 Å². The van der Waals surface area contributed by atoms with Gasteiger partial charge < -0.3 is 0 Å². The number of hydrazone groups is 2.